The van der Waals surface area contributed by atoms with Crippen LogP contribution in [0.25, 0.3) is 0 Å². The lowest BCUT2D eigenvalue weighted by Crippen LogP contribution is -1.87. The molecular weight excluding hydrogens is 215 g/mol. The number of hydrogen-bond acceptors (Lipinski definition) is 2. The van der Waals surface area contributed by atoms with Crippen molar-refractivity contribution in [1.82, 2.24) is 0 Å². The molecule has 0 fully saturated rings. The number of benzene rings is 1. The van der Waals surface area contributed by atoms with Gasteiger partial charge in [0.15, 0.2) is 6.29 Å². The number of carbonyl (C=O) groups excluding carboxylic acids is 1. The van der Waals surface area contributed by atoms with E-state index in [1.54, 1.807) is 12.1 Å². The van der Waals surface area contributed by atoms with E-state index in [1.165, 1.54) is 0 Å². The first kappa shape index (κ1) is 9.90. The molecule has 0 unspecified atom stereocenters. The van der Waals surface area contributed by atoms with Crippen LogP contribution < -0.4 is 0 Å². The summed E-state index contributed by atoms with van der Waals surface area (Å²) in [6.45, 7) is 0. The molecule has 1 rings (SSSR count). The second-order valence-electron chi connectivity index (χ2n) is 2.25. The van der Waals surface area contributed by atoms with Crippen LogP contribution in [0.15, 0.2) is 12.1 Å². The summed E-state index contributed by atoms with van der Waals surface area (Å²) in [4.78, 5) is 10.5. The maximum atomic E-state index is 10.5. The number of halogens is 2. The average molecular weight is 221 g/mol. The normalized spacial score (nSPS) is 9.92. The average Bonchev–Trinajstić information content (AvgIpc) is 2.03. The van der Waals surface area contributed by atoms with Crippen LogP contribution in [-0.2, 0) is 5.75 Å². The Morgan fingerprint density at radius 2 is 1.83 bits per heavy atom. The van der Waals surface area contributed by atoms with E-state index in [1.807, 2.05) is 0 Å². The molecule has 0 aliphatic rings. The van der Waals surface area contributed by atoms with Gasteiger partial charge in [-0.2, -0.15) is 12.6 Å². The minimum Gasteiger partial charge on any atom is -0.298 e. The molecule has 1 aromatic carbocycles. The first-order valence-corrected chi connectivity index (χ1v) is 4.62. The number of carbonyl (C=O) groups is 1. The molecule has 0 saturated heterocycles. The van der Waals surface area contributed by atoms with Gasteiger partial charge in [0.1, 0.15) is 0 Å². The number of hydrogen-bond donors (Lipinski definition) is 1. The summed E-state index contributed by atoms with van der Waals surface area (Å²) in [5, 5.41) is 0.753. The van der Waals surface area contributed by atoms with Crippen LogP contribution in [0.4, 0.5) is 0 Å². The lowest BCUT2D eigenvalue weighted by molar-refractivity contribution is 0.112. The fraction of sp³-hybridized carbons (Fsp3) is 0.125. The van der Waals surface area contributed by atoms with Crippen LogP contribution in [0.1, 0.15) is 15.9 Å². The standard InChI is InChI=1S/C8H6Cl2OS/c9-7-1-5(4-12)2-8(10)6(7)3-11/h1-3,12H,4H2. The van der Waals surface area contributed by atoms with Crippen molar-refractivity contribution in [2.24, 2.45) is 0 Å². The van der Waals surface area contributed by atoms with E-state index in [2.05, 4.69) is 12.6 Å². The summed E-state index contributed by atoms with van der Waals surface area (Å²) >= 11 is 15.6. The molecule has 0 saturated carbocycles. The monoisotopic (exact) mass is 220 g/mol. The fourth-order valence-corrected chi connectivity index (χ4v) is 1.64. The molecule has 4 heteroatoms. The van der Waals surface area contributed by atoms with Crippen LogP contribution in [-0.4, -0.2) is 6.29 Å². The molecule has 0 radical (unpaired) electrons. The molecule has 0 atom stereocenters. The Balaban J connectivity index is 3.27. The summed E-state index contributed by atoms with van der Waals surface area (Å²) in [5.74, 6) is 0.554. The van der Waals surface area contributed by atoms with Gasteiger partial charge in [0.2, 0.25) is 0 Å². The van der Waals surface area contributed by atoms with Crippen molar-refractivity contribution in [3.8, 4) is 0 Å². The molecule has 0 amide bonds. The quantitative estimate of drug-likeness (QED) is 0.599. The SMILES string of the molecule is O=Cc1c(Cl)cc(CS)cc1Cl. The molecule has 0 aromatic heterocycles. The van der Waals surface area contributed by atoms with Gasteiger partial charge in [-0.3, -0.25) is 4.79 Å². The highest BCUT2D eigenvalue weighted by molar-refractivity contribution is 7.79. The summed E-state index contributed by atoms with van der Waals surface area (Å²) < 4.78 is 0. The van der Waals surface area contributed by atoms with Crippen LogP contribution >= 0.6 is 35.8 Å². The van der Waals surface area contributed by atoms with Gasteiger partial charge >= 0.3 is 0 Å². The van der Waals surface area contributed by atoms with Crippen molar-refractivity contribution in [2.45, 2.75) is 5.75 Å². The highest BCUT2D eigenvalue weighted by Gasteiger charge is 2.05. The maximum Gasteiger partial charge on any atom is 0.153 e. The van der Waals surface area contributed by atoms with E-state index in [0.29, 0.717) is 27.6 Å². The summed E-state index contributed by atoms with van der Waals surface area (Å²) in [6.07, 6.45) is 0.646. The molecule has 0 heterocycles. The highest BCUT2D eigenvalue weighted by Crippen LogP contribution is 2.25. The zero-order valence-corrected chi connectivity index (χ0v) is 8.46. The largest absolute Gasteiger partial charge is 0.298 e. The molecular formula is C8H6Cl2OS. The predicted octanol–water partition coefficient (Wildman–Crippen LogP) is 3.24. The minimum atomic E-state index is 0.337. The molecule has 0 bridgehead atoms. The van der Waals surface area contributed by atoms with E-state index in [9.17, 15) is 4.79 Å². The van der Waals surface area contributed by atoms with E-state index in [4.69, 9.17) is 23.2 Å². The van der Waals surface area contributed by atoms with Crippen molar-refractivity contribution in [2.75, 3.05) is 0 Å². The molecule has 1 nitrogen and oxygen atoms in total. The van der Waals surface area contributed by atoms with Crippen LogP contribution in [0.2, 0.25) is 10.0 Å². The zero-order chi connectivity index (χ0) is 9.14. The van der Waals surface area contributed by atoms with E-state index >= 15 is 0 Å². The Morgan fingerprint density at radius 1 is 1.33 bits per heavy atom. The third kappa shape index (κ3) is 1.94. The van der Waals surface area contributed by atoms with Crippen LogP contribution in [0.5, 0.6) is 0 Å². The van der Waals surface area contributed by atoms with Gasteiger partial charge in [0.25, 0.3) is 0 Å². The van der Waals surface area contributed by atoms with E-state index in [-0.39, 0.29) is 0 Å². The second-order valence-corrected chi connectivity index (χ2v) is 3.38. The Bertz CT molecular complexity index is 289. The summed E-state index contributed by atoms with van der Waals surface area (Å²) in [5.41, 5.74) is 1.24. The topological polar surface area (TPSA) is 17.1 Å². The Kier molecular flexibility index (Phi) is 3.44. The number of rotatable bonds is 2. The van der Waals surface area contributed by atoms with Gasteiger partial charge in [-0.1, -0.05) is 23.2 Å². The highest BCUT2D eigenvalue weighted by atomic mass is 35.5. The molecule has 12 heavy (non-hydrogen) atoms. The van der Waals surface area contributed by atoms with E-state index < -0.39 is 0 Å². The van der Waals surface area contributed by atoms with Gasteiger partial charge in [-0.25, -0.2) is 0 Å². The molecule has 0 N–H and O–H groups in total. The number of thiol groups is 1. The van der Waals surface area contributed by atoms with E-state index in [0.717, 1.165) is 5.56 Å². The van der Waals surface area contributed by atoms with Crippen molar-refractivity contribution >= 4 is 42.1 Å². The number of aldehydes is 1. The van der Waals surface area contributed by atoms with Gasteiger partial charge in [0, 0.05) is 5.75 Å². The molecule has 0 aliphatic carbocycles. The van der Waals surface area contributed by atoms with Gasteiger partial charge in [0.05, 0.1) is 15.6 Å². The Morgan fingerprint density at radius 3 is 2.17 bits per heavy atom. The molecule has 0 spiro atoms. The van der Waals surface area contributed by atoms with Gasteiger partial charge in [-0.15, -0.1) is 0 Å². The third-order valence-electron chi connectivity index (χ3n) is 1.44. The smallest absolute Gasteiger partial charge is 0.153 e. The zero-order valence-electron chi connectivity index (χ0n) is 6.05. The third-order valence-corrected chi connectivity index (χ3v) is 2.43. The molecule has 64 valence electrons. The Labute approximate surface area is 86.1 Å². The summed E-state index contributed by atoms with van der Waals surface area (Å²) in [7, 11) is 0. The molecule has 0 aliphatic heterocycles. The van der Waals surface area contributed by atoms with Crippen molar-refractivity contribution in [3.05, 3.63) is 33.3 Å². The minimum absolute atomic E-state index is 0.337. The van der Waals surface area contributed by atoms with Gasteiger partial charge < -0.3 is 0 Å². The lowest BCUT2D eigenvalue weighted by Gasteiger charge is -2.02. The fourth-order valence-electron chi connectivity index (χ4n) is 0.841. The van der Waals surface area contributed by atoms with Crippen molar-refractivity contribution in [1.29, 1.82) is 0 Å². The van der Waals surface area contributed by atoms with Crippen molar-refractivity contribution in [3.63, 3.8) is 0 Å². The van der Waals surface area contributed by atoms with Crippen LogP contribution in [0.3, 0.4) is 0 Å². The first-order chi connectivity index (χ1) is 5.69. The van der Waals surface area contributed by atoms with Crippen LogP contribution in [0, 0.1) is 0 Å². The lowest BCUT2D eigenvalue weighted by atomic mass is 10.2. The van der Waals surface area contributed by atoms with Gasteiger partial charge in [-0.05, 0) is 17.7 Å². The first-order valence-electron chi connectivity index (χ1n) is 3.23. The summed E-state index contributed by atoms with van der Waals surface area (Å²) in [6, 6.07) is 3.37. The Hall–Kier alpha value is -0.180. The predicted molar refractivity (Wildman–Crippen MR) is 54.5 cm³/mol. The van der Waals surface area contributed by atoms with Crippen molar-refractivity contribution < 1.29 is 4.79 Å². The maximum absolute atomic E-state index is 10.5. The molecule has 1 aromatic rings. The second kappa shape index (κ2) is 4.17.